The Morgan fingerprint density at radius 2 is 1.45 bits per heavy atom. The van der Waals surface area contributed by atoms with Gasteiger partial charge in [-0.05, 0) is 48.9 Å². The molecule has 0 aliphatic carbocycles. The van der Waals surface area contributed by atoms with Gasteiger partial charge in [-0.15, -0.1) is 0 Å². The molecule has 0 aromatic heterocycles. The van der Waals surface area contributed by atoms with Crippen LogP contribution in [-0.2, 0) is 20.3 Å². The van der Waals surface area contributed by atoms with E-state index in [0.717, 1.165) is 5.56 Å². The maximum atomic E-state index is 13.6. The first-order valence-electron chi connectivity index (χ1n) is 9.59. The van der Waals surface area contributed by atoms with Gasteiger partial charge in [0.2, 0.25) is 0 Å². The number of hydrogen-bond acceptors (Lipinski definition) is 5. The van der Waals surface area contributed by atoms with E-state index in [0.29, 0.717) is 38.0 Å². The van der Waals surface area contributed by atoms with Crippen molar-refractivity contribution in [1.82, 2.24) is 0 Å². The Hall–Kier alpha value is -3.38. The highest BCUT2D eigenvalue weighted by atomic mass is 32.2. The lowest BCUT2D eigenvalue weighted by molar-refractivity contribution is -0.134. The van der Waals surface area contributed by atoms with Gasteiger partial charge < -0.3 is 14.2 Å². The van der Waals surface area contributed by atoms with Crippen LogP contribution >= 0.6 is 0 Å². The van der Waals surface area contributed by atoms with E-state index in [1.807, 2.05) is 67.6 Å². The number of hydrogen-bond donors (Lipinski definition) is 0. The highest BCUT2D eigenvalue weighted by molar-refractivity contribution is 7.85. The van der Waals surface area contributed by atoms with Gasteiger partial charge >= 0.3 is 5.97 Å². The van der Waals surface area contributed by atoms with Crippen LogP contribution in [0, 0.1) is 6.92 Å². The van der Waals surface area contributed by atoms with Crippen LogP contribution in [0.15, 0.2) is 76.5 Å². The summed E-state index contributed by atoms with van der Waals surface area (Å²) in [5, 5.41) is 0. The second-order valence-electron chi connectivity index (χ2n) is 6.70. The molecule has 1 atom stereocenters. The molecule has 0 fully saturated rings. The zero-order chi connectivity index (χ0) is 22.4. The van der Waals surface area contributed by atoms with Crippen LogP contribution in [0.5, 0.6) is 11.5 Å². The molecule has 5 nitrogen and oxygen atoms in total. The molecule has 0 spiro atoms. The lowest BCUT2D eigenvalue weighted by Crippen LogP contribution is -2.01. The number of benzene rings is 3. The van der Waals surface area contributed by atoms with E-state index in [9.17, 15) is 9.00 Å². The third-order valence-corrected chi connectivity index (χ3v) is 6.21. The minimum atomic E-state index is -1.46. The van der Waals surface area contributed by atoms with Gasteiger partial charge in [0.15, 0.2) is 0 Å². The first-order valence-corrected chi connectivity index (χ1v) is 10.7. The molecule has 31 heavy (non-hydrogen) atoms. The zero-order valence-electron chi connectivity index (χ0n) is 17.9. The molecule has 0 amide bonds. The predicted molar refractivity (Wildman–Crippen MR) is 122 cm³/mol. The van der Waals surface area contributed by atoms with Crippen molar-refractivity contribution in [3.05, 3.63) is 77.9 Å². The molecular weight excluding hydrogens is 412 g/mol. The third-order valence-electron chi connectivity index (χ3n) is 4.77. The highest BCUT2D eigenvalue weighted by Crippen LogP contribution is 2.43. The predicted octanol–water partition coefficient (Wildman–Crippen LogP) is 5.03. The second kappa shape index (κ2) is 10.1. The van der Waals surface area contributed by atoms with Gasteiger partial charge in [0.25, 0.3) is 0 Å². The summed E-state index contributed by atoms with van der Waals surface area (Å²) in [4.78, 5) is 13.0. The lowest BCUT2D eigenvalue weighted by atomic mass is 9.97. The maximum Gasteiger partial charge on any atom is 0.330 e. The fourth-order valence-corrected chi connectivity index (χ4v) is 4.45. The molecular formula is C25H24O5S. The molecule has 3 aromatic rings. The summed E-state index contributed by atoms with van der Waals surface area (Å²) in [6.45, 7) is 1.98. The summed E-state index contributed by atoms with van der Waals surface area (Å²) in [5.41, 5.74) is 3.12. The van der Waals surface area contributed by atoms with E-state index in [1.165, 1.54) is 13.2 Å². The smallest absolute Gasteiger partial charge is 0.330 e. The SMILES string of the molecule is COC(=O)/C=C/c1cccc(OC)c1-c1c(OC)cccc1[S@@](=O)c1ccc(C)cc1. The molecule has 0 N–H and O–H groups in total. The molecule has 0 aliphatic heterocycles. The zero-order valence-corrected chi connectivity index (χ0v) is 18.7. The summed E-state index contributed by atoms with van der Waals surface area (Å²) in [6.07, 6.45) is 2.99. The van der Waals surface area contributed by atoms with E-state index in [-0.39, 0.29) is 0 Å². The van der Waals surface area contributed by atoms with Crippen molar-refractivity contribution < 1.29 is 23.2 Å². The average Bonchev–Trinajstić information content (AvgIpc) is 2.81. The topological polar surface area (TPSA) is 61.8 Å². The Morgan fingerprint density at radius 1 is 0.839 bits per heavy atom. The number of methoxy groups -OCH3 is 3. The number of carbonyl (C=O) groups excluding carboxylic acids is 1. The van der Waals surface area contributed by atoms with Crippen molar-refractivity contribution in [2.45, 2.75) is 16.7 Å². The molecule has 0 saturated carbocycles. The van der Waals surface area contributed by atoms with Crippen molar-refractivity contribution in [2.24, 2.45) is 0 Å². The van der Waals surface area contributed by atoms with E-state index in [1.54, 1.807) is 20.3 Å². The molecule has 3 rings (SSSR count). The summed E-state index contributed by atoms with van der Waals surface area (Å²) in [6, 6.07) is 18.5. The van der Waals surface area contributed by atoms with E-state index in [2.05, 4.69) is 0 Å². The molecule has 160 valence electrons. The molecule has 0 heterocycles. The number of esters is 1. The highest BCUT2D eigenvalue weighted by Gasteiger charge is 2.22. The van der Waals surface area contributed by atoms with Gasteiger partial charge in [0, 0.05) is 22.1 Å². The number of rotatable bonds is 7. The van der Waals surface area contributed by atoms with Gasteiger partial charge in [-0.3, -0.25) is 0 Å². The van der Waals surface area contributed by atoms with Gasteiger partial charge in [0.05, 0.1) is 37.0 Å². The van der Waals surface area contributed by atoms with Crippen LogP contribution in [0.2, 0.25) is 0 Å². The Bertz CT molecular complexity index is 1130. The van der Waals surface area contributed by atoms with Crippen molar-refractivity contribution >= 4 is 22.8 Å². The third kappa shape index (κ3) is 4.86. The summed E-state index contributed by atoms with van der Waals surface area (Å²) in [7, 11) is 2.99. The first kappa shape index (κ1) is 22.3. The quantitative estimate of drug-likeness (QED) is 0.384. The van der Waals surface area contributed by atoms with Gasteiger partial charge in [-0.2, -0.15) is 0 Å². The van der Waals surface area contributed by atoms with E-state index in [4.69, 9.17) is 14.2 Å². The molecule has 0 unspecified atom stereocenters. The minimum absolute atomic E-state index is 0.475. The Labute approximate surface area is 184 Å². The van der Waals surface area contributed by atoms with Crippen LogP contribution in [0.3, 0.4) is 0 Å². The average molecular weight is 437 g/mol. The largest absolute Gasteiger partial charge is 0.496 e. The maximum absolute atomic E-state index is 13.6. The molecule has 0 radical (unpaired) electrons. The fraction of sp³-hybridized carbons (Fsp3) is 0.160. The lowest BCUT2D eigenvalue weighted by Gasteiger charge is -2.18. The summed E-state index contributed by atoms with van der Waals surface area (Å²) in [5.74, 6) is 0.645. The number of ether oxygens (including phenoxy) is 3. The first-order chi connectivity index (χ1) is 15.0. The van der Waals surface area contributed by atoms with Crippen molar-refractivity contribution in [1.29, 1.82) is 0 Å². The Morgan fingerprint density at radius 3 is 2.06 bits per heavy atom. The normalized spacial score (nSPS) is 11.9. The van der Waals surface area contributed by atoms with Crippen LogP contribution in [0.25, 0.3) is 17.2 Å². The van der Waals surface area contributed by atoms with Crippen molar-refractivity contribution in [3.63, 3.8) is 0 Å². The van der Waals surface area contributed by atoms with Crippen LogP contribution < -0.4 is 9.47 Å². The number of carbonyl (C=O) groups is 1. The van der Waals surface area contributed by atoms with E-state index < -0.39 is 16.8 Å². The van der Waals surface area contributed by atoms with Crippen molar-refractivity contribution in [2.75, 3.05) is 21.3 Å². The van der Waals surface area contributed by atoms with Gasteiger partial charge in [-0.25, -0.2) is 9.00 Å². The van der Waals surface area contributed by atoms with E-state index >= 15 is 0 Å². The fourth-order valence-electron chi connectivity index (χ4n) is 3.22. The summed E-state index contributed by atoms with van der Waals surface area (Å²) >= 11 is 0. The molecule has 6 heteroatoms. The molecule has 0 aliphatic rings. The summed E-state index contributed by atoms with van der Waals surface area (Å²) < 4.78 is 29.5. The Balaban J connectivity index is 2.27. The second-order valence-corrected chi connectivity index (χ2v) is 8.14. The number of aryl methyl sites for hydroxylation is 1. The van der Waals surface area contributed by atoms with Crippen molar-refractivity contribution in [3.8, 4) is 22.6 Å². The molecule has 0 bridgehead atoms. The monoisotopic (exact) mass is 436 g/mol. The molecule has 3 aromatic carbocycles. The van der Waals surface area contributed by atoms with Crippen LogP contribution in [0.4, 0.5) is 0 Å². The minimum Gasteiger partial charge on any atom is -0.496 e. The molecule has 0 saturated heterocycles. The van der Waals surface area contributed by atoms with Crippen LogP contribution in [0.1, 0.15) is 11.1 Å². The van der Waals surface area contributed by atoms with Gasteiger partial charge in [-0.1, -0.05) is 35.9 Å². The van der Waals surface area contributed by atoms with Crippen LogP contribution in [-0.4, -0.2) is 31.5 Å². The Kier molecular flexibility index (Phi) is 7.26. The standard InChI is InChI=1S/C25H24O5S/c1-17-11-14-19(15-12-17)31(27)22-10-6-9-21(29-3)25(22)24-18(13-16-23(26)30-4)7-5-8-20(24)28-2/h5-16H,1-4H3/b16-13+/t31-/m0/s1. The van der Waals surface area contributed by atoms with Gasteiger partial charge in [0.1, 0.15) is 11.5 Å².